The predicted octanol–water partition coefficient (Wildman–Crippen LogP) is 8.98. The first-order chi connectivity index (χ1) is 18.0. The number of benzene rings is 6. The van der Waals surface area contributed by atoms with Gasteiger partial charge in [-0.3, -0.25) is 5.01 Å². The van der Waals surface area contributed by atoms with Crippen molar-refractivity contribution in [3.63, 3.8) is 0 Å². The fraction of sp³-hybridized carbons (Fsp3) is 0.0857. The molecule has 6 aromatic rings. The van der Waals surface area contributed by atoms with Crippen LogP contribution in [0, 0.1) is 0 Å². The molecule has 1 aliphatic rings. The Labute approximate surface area is 217 Å². The van der Waals surface area contributed by atoms with E-state index in [0.29, 0.717) is 0 Å². The van der Waals surface area contributed by atoms with E-state index >= 15 is 0 Å². The van der Waals surface area contributed by atoms with Crippen molar-refractivity contribution in [1.82, 2.24) is 0 Å². The molecule has 0 atom stereocenters. The maximum Gasteiger partial charge on any atom is 0.0578 e. The van der Waals surface area contributed by atoms with Crippen molar-refractivity contribution in [2.24, 2.45) is 5.84 Å². The largest absolute Gasteiger partial charge is 0.280 e. The molecule has 0 radical (unpaired) electrons. The van der Waals surface area contributed by atoms with E-state index in [9.17, 15) is 0 Å². The number of nitrogens with zero attached hydrogens (tertiary/aromatic N) is 1. The van der Waals surface area contributed by atoms with Gasteiger partial charge in [-0.25, -0.2) is 5.84 Å². The van der Waals surface area contributed by atoms with E-state index in [1.807, 2.05) is 0 Å². The van der Waals surface area contributed by atoms with Crippen LogP contribution in [0.25, 0.3) is 43.8 Å². The van der Waals surface area contributed by atoms with Gasteiger partial charge in [0.1, 0.15) is 0 Å². The predicted molar refractivity (Wildman–Crippen MR) is 157 cm³/mol. The fourth-order valence-electron chi connectivity index (χ4n) is 6.09. The van der Waals surface area contributed by atoms with Crippen LogP contribution in [-0.4, -0.2) is 0 Å². The second-order valence-corrected chi connectivity index (χ2v) is 10.5. The molecular weight excluding hydrogens is 448 g/mol. The van der Waals surface area contributed by atoms with Crippen LogP contribution in [0.4, 0.5) is 11.4 Å². The fourth-order valence-corrected chi connectivity index (χ4v) is 6.09. The maximum atomic E-state index is 6.69. The molecule has 2 N–H and O–H groups in total. The first kappa shape index (κ1) is 21.8. The van der Waals surface area contributed by atoms with E-state index in [1.54, 1.807) is 5.01 Å². The number of hydrazine groups is 1. The van der Waals surface area contributed by atoms with Gasteiger partial charge in [0, 0.05) is 5.41 Å². The molecular formula is C35H28N2. The van der Waals surface area contributed by atoms with Gasteiger partial charge in [-0.15, -0.1) is 0 Å². The van der Waals surface area contributed by atoms with Crippen molar-refractivity contribution >= 4 is 32.9 Å². The van der Waals surface area contributed by atoms with Crippen molar-refractivity contribution in [3.05, 3.63) is 132 Å². The van der Waals surface area contributed by atoms with Crippen LogP contribution in [0.15, 0.2) is 121 Å². The lowest BCUT2D eigenvalue weighted by Gasteiger charge is -2.24. The molecule has 0 saturated heterocycles. The molecule has 2 nitrogen and oxygen atoms in total. The molecule has 37 heavy (non-hydrogen) atoms. The second kappa shape index (κ2) is 8.06. The van der Waals surface area contributed by atoms with Gasteiger partial charge >= 0.3 is 0 Å². The van der Waals surface area contributed by atoms with E-state index in [-0.39, 0.29) is 5.41 Å². The van der Waals surface area contributed by atoms with Crippen LogP contribution < -0.4 is 10.9 Å². The topological polar surface area (TPSA) is 29.3 Å². The third kappa shape index (κ3) is 3.30. The quantitative estimate of drug-likeness (QED) is 0.157. The summed E-state index contributed by atoms with van der Waals surface area (Å²) in [5.74, 6) is 6.69. The SMILES string of the molecule is CC1(C)c2ccccc2-c2ccc(N(N)c3ccc(-c4cc5ccccc5c5ccccc45)cc3)cc21. The molecule has 0 fully saturated rings. The molecule has 2 heteroatoms. The van der Waals surface area contributed by atoms with Crippen LogP contribution >= 0.6 is 0 Å². The minimum Gasteiger partial charge on any atom is -0.280 e. The van der Waals surface area contributed by atoms with E-state index < -0.39 is 0 Å². The van der Waals surface area contributed by atoms with Crippen LogP contribution in [0.3, 0.4) is 0 Å². The number of hydrogen-bond donors (Lipinski definition) is 1. The lowest BCUT2D eigenvalue weighted by molar-refractivity contribution is 0.660. The zero-order valence-corrected chi connectivity index (χ0v) is 21.1. The Bertz CT molecular complexity index is 1810. The standard InChI is InChI=1S/C35H28N2/c1-35(2)33-14-8-7-13-30(33)31-20-19-26(22-34(31)35)37(36)25-17-15-23(16-18-25)32-21-24-9-3-4-10-27(24)28-11-5-6-12-29(28)32/h3-22H,36H2,1-2H3. The Morgan fingerprint density at radius 2 is 1.14 bits per heavy atom. The summed E-state index contributed by atoms with van der Waals surface area (Å²) in [4.78, 5) is 0. The Hall–Kier alpha value is -4.40. The van der Waals surface area contributed by atoms with E-state index in [1.165, 1.54) is 54.9 Å². The zero-order chi connectivity index (χ0) is 25.1. The van der Waals surface area contributed by atoms with Gasteiger partial charge in [-0.2, -0.15) is 0 Å². The summed E-state index contributed by atoms with van der Waals surface area (Å²) in [6.45, 7) is 4.59. The first-order valence-corrected chi connectivity index (χ1v) is 12.8. The summed E-state index contributed by atoms with van der Waals surface area (Å²) in [6.07, 6.45) is 0. The van der Waals surface area contributed by atoms with Gasteiger partial charge in [0.05, 0.1) is 11.4 Å². The summed E-state index contributed by atoms with van der Waals surface area (Å²) < 4.78 is 0. The molecule has 6 aromatic carbocycles. The normalized spacial score (nSPS) is 13.5. The average molecular weight is 477 g/mol. The molecule has 1 aliphatic carbocycles. The van der Waals surface area contributed by atoms with Crippen molar-refractivity contribution in [1.29, 1.82) is 0 Å². The van der Waals surface area contributed by atoms with Crippen molar-refractivity contribution in [2.75, 3.05) is 5.01 Å². The Morgan fingerprint density at radius 3 is 1.95 bits per heavy atom. The van der Waals surface area contributed by atoms with Crippen molar-refractivity contribution in [2.45, 2.75) is 19.3 Å². The average Bonchev–Trinajstić information content (AvgIpc) is 3.18. The van der Waals surface area contributed by atoms with Crippen molar-refractivity contribution < 1.29 is 0 Å². The summed E-state index contributed by atoms with van der Waals surface area (Å²) in [5.41, 5.74) is 9.64. The lowest BCUT2D eigenvalue weighted by Crippen LogP contribution is -2.25. The third-order valence-electron chi connectivity index (χ3n) is 8.07. The number of hydrogen-bond acceptors (Lipinski definition) is 2. The van der Waals surface area contributed by atoms with Gasteiger partial charge < -0.3 is 0 Å². The van der Waals surface area contributed by atoms with Gasteiger partial charge in [0.25, 0.3) is 0 Å². The molecule has 0 unspecified atom stereocenters. The maximum absolute atomic E-state index is 6.69. The molecule has 0 bridgehead atoms. The smallest absolute Gasteiger partial charge is 0.0578 e. The highest BCUT2D eigenvalue weighted by Crippen LogP contribution is 2.49. The highest BCUT2D eigenvalue weighted by atomic mass is 15.4. The summed E-state index contributed by atoms with van der Waals surface area (Å²) in [6, 6.07) is 43.5. The minimum atomic E-state index is -0.0518. The van der Waals surface area contributed by atoms with Crippen LogP contribution in [0.1, 0.15) is 25.0 Å². The van der Waals surface area contributed by atoms with Crippen molar-refractivity contribution in [3.8, 4) is 22.3 Å². The number of rotatable bonds is 3. The van der Waals surface area contributed by atoms with E-state index in [0.717, 1.165) is 11.4 Å². The monoisotopic (exact) mass is 476 g/mol. The minimum absolute atomic E-state index is 0.0518. The molecule has 7 rings (SSSR count). The third-order valence-corrected chi connectivity index (χ3v) is 8.07. The molecule has 0 saturated carbocycles. The molecule has 0 aliphatic heterocycles. The highest BCUT2D eigenvalue weighted by molar-refractivity contribution is 6.13. The molecule has 0 amide bonds. The number of nitrogens with two attached hydrogens (primary N) is 1. The number of fused-ring (bicyclic) bond motifs is 6. The second-order valence-electron chi connectivity index (χ2n) is 10.5. The first-order valence-electron chi connectivity index (χ1n) is 12.8. The van der Waals surface area contributed by atoms with E-state index in [2.05, 4.69) is 135 Å². The van der Waals surface area contributed by atoms with Crippen LogP contribution in [0.2, 0.25) is 0 Å². The lowest BCUT2D eigenvalue weighted by atomic mass is 9.82. The van der Waals surface area contributed by atoms with E-state index in [4.69, 9.17) is 5.84 Å². The van der Waals surface area contributed by atoms with Gasteiger partial charge in [-0.1, -0.05) is 105 Å². The molecule has 178 valence electrons. The molecule has 0 heterocycles. The zero-order valence-electron chi connectivity index (χ0n) is 21.1. The summed E-state index contributed by atoms with van der Waals surface area (Å²) in [7, 11) is 0. The van der Waals surface area contributed by atoms with Gasteiger partial charge in [0.2, 0.25) is 0 Å². The Kier molecular flexibility index (Phi) is 4.76. The van der Waals surface area contributed by atoms with Gasteiger partial charge in [0.15, 0.2) is 0 Å². The Morgan fingerprint density at radius 1 is 0.514 bits per heavy atom. The Balaban J connectivity index is 1.26. The highest BCUT2D eigenvalue weighted by Gasteiger charge is 2.35. The number of anilines is 2. The molecule has 0 aromatic heterocycles. The summed E-state index contributed by atoms with van der Waals surface area (Å²) >= 11 is 0. The van der Waals surface area contributed by atoms with Gasteiger partial charge in [-0.05, 0) is 85.3 Å². The summed E-state index contributed by atoms with van der Waals surface area (Å²) in [5, 5.41) is 6.87. The molecule has 0 spiro atoms. The van der Waals surface area contributed by atoms with Crippen LogP contribution in [0.5, 0.6) is 0 Å². The van der Waals surface area contributed by atoms with Crippen LogP contribution in [-0.2, 0) is 5.41 Å².